The number of hydrogen-bond acceptors (Lipinski definition) is 1. The van der Waals surface area contributed by atoms with Gasteiger partial charge in [0.25, 0.3) is 5.82 Å². The number of imidazole rings is 1. The van der Waals surface area contributed by atoms with E-state index < -0.39 is 0 Å². The fraction of sp³-hybridized carbons (Fsp3) is 0.0833. The van der Waals surface area contributed by atoms with E-state index in [0.717, 1.165) is 22.1 Å². The summed E-state index contributed by atoms with van der Waals surface area (Å²) in [6.45, 7) is 1.97. The Bertz CT molecular complexity index is 521. The van der Waals surface area contributed by atoms with Crippen LogP contribution in [0.2, 0.25) is 0 Å². The van der Waals surface area contributed by atoms with Gasteiger partial charge < -0.3 is 5.73 Å². The molecule has 0 aliphatic heterocycles. The van der Waals surface area contributed by atoms with E-state index in [1.54, 1.807) is 6.20 Å². The number of benzene rings is 1. The number of aromatic amines is 2. The third-order valence-electron chi connectivity index (χ3n) is 2.33. The average Bonchev–Trinajstić information content (AvgIpc) is 2.73. The SMILES string of the molecule is C/C=c1/[nH+]c(-c2ccccc2)[nH]/c1=C/N. The van der Waals surface area contributed by atoms with E-state index in [2.05, 4.69) is 9.97 Å². The van der Waals surface area contributed by atoms with Gasteiger partial charge in [-0.3, -0.25) is 0 Å². The zero-order chi connectivity index (χ0) is 10.7. The third-order valence-corrected chi connectivity index (χ3v) is 2.33. The lowest BCUT2D eigenvalue weighted by atomic mass is 10.2. The Morgan fingerprint density at radius 2 is 2.00 bits per heavy atom. The minimum atomic E-state index is 0.913. The van der Waals surface area contributed by atoms with Crippen LogP contribution in [0.15, 0.2) is 30.3 Å². The van der Waals surface area contributed by atoms with Crippen LogP contribution in [-0.2, 0) is 0 Å². The van der Waals surface area contributed by atoms with Crippen molar-refractivity contribution in [3.8, 4) is 11.4 Å². The van der Waals surface area contributed by atoms with Crippen molar-refractivity contribution in [2.24, 2.45) is 5.73 Å². The van der Waals surface area contributed by atoms with Gasteiger partial charge in [-0.05, 0) is 25.1 Å². The Balaban J connectivity index is 2.62. The highest BCUT2D eigenvalue weighted by atomic mass is 14.9. The minimum Gasteiger partial charge on any atom is -0.401 e. The summed E-state index contributed by atoms with van der Waals surface area (Å²) in [6, 6.07) is 10.1. The molecule has 0 unspecified atom stereocenters. The van der Waals surface area contributed by atoms with Crippen molar-refractivity contribution in [1.82, 2.24) is 4.98 Å². The van der Waals surface area contributed by atoms with Crippen LogP contribution in [0.1, 0.15) is 6.92 Å². The molecule has 15 heavy (non-hydrogen) atoms. The molecular weight excluding hydrogens is 186 g/mol. The fourth-order valence-corrected chi connectivity index (χ4v) is 1.54. The second-order valence-corrected chi connectivity index (χ2v) is 3.27. The van der Waals surface area contributed by atoms with E-state index in [0.29, 0.717) is 0 Å². The van der Waals surface area contributed by atoms with Gasteiger partial charge in [0.05, 0.1) is 5.56 Å². The van der Waals surface area contributed by atoms with Gasteiger partial charge in [-0.25, -0.2) is 9.97 Å². The zero-order valence-corrected chi connectivity index (χ0v) is 8.62. The van der Waals surface area contributed by atoms with Crippen LogP contribution < -0.4 is 21.4 Å². The van der Waals surface area contributed by atoms with Crippen LogP contribution in [-0.4, -0.2) is 4.98 Å². The van der Waals surface area contributed by atoms with Gasteiger partial charge in [0.15, 0.2) is 10.7 Å². The van der Waals surface area contributed by atoms with E-state index >= 15 is 0 Å². The molecule has 4 N–H and O–H groups in total. The second-order valence-electron chi connectivity index (χ2n) is 3.27. The first-order valence-corrected chi connectivity index (χ1v) is 4.90. The van der Waals surface area contributed by atoms with Gasteiger partial charge in [-0.2, -0.15) is 0 Å². The van der Waals surface area contributed by atoms with E-state index in [1.807, 2.05) is 43.3 Å². The first-order chi connectivity index (χ1) is 7.35. The molecule has 1 heterocycles. The van der Waals surface area contributed by atoms with Crippen molar-refractivity contribution in [3.05, 3.63) is 41.0 Å². The molecule has 3 nitrogen and oxygen atoms in total. The van der Waals surface area contributed by atoms with Crippen molar-refractivity contribution in [3.63, 3.8) is 0 Å². The van der Waals surface area contributed by atoms with Crippen molar-refractivity contribution in [2.45, 2.75) is 6.92 Å². The molecule has 76 valence electrons. The lowest BCUT2D eigenvalue weighted by molar-refractivity contribution is -0.379. The predicted octanol–water partition coefficient (Wildman–Crippen LogP) is -0.00710. The lowest BCUT2D eigenvalue weighted by Gasteiger charge is -1.88. The van der Waals surface area contributed by atoms with Gasteiger partial charge >= 0.3 is 0 Å². The molecule has 0 saturated carbocycles. The molecule has 0 fully saturated rings. The predicted molar refractivity (Wildman–Crippen MR) is 60.8 cm³/mol. The molecule has 0 atom stereocenters. The summed E-state index contributed by atoms with van der Waals surface area (Å²) in [4.78, 5) is 6.51. The lowest BCUT2D eigenvalue weighted by Crippen LogP contribution is -2.35. The van der Waals surface area contributed by atoms with Crippen LogP contribution in [0.5, 0.6) is 0 Å². The van der Waals surface area contributed by atoms with E-state index in [-0.39, 0.29) is 0 Å². The van der Waals surface area contributed by atoms with Crippen molar-refractivity contribution in [1.29, 1.82) is 0 Å². The van der Waals surface area contributed by atoms with Gasteiger partial charge in [-0.1, -0.05) is 18.2 Å². The maximum atomic E-state index is 5.52. The molecule has 0 spiro atoms. The van der Waals surface area contributed by atoms with E-state index in [9.17, 15) is 0 Å². The number of aromatic nitrogens is 2. The summed E-state index contributed by atoms with van der Waals surface area (Å²) in [6.07, 6.45) is 3.56. The molecule has 0 bridgehead atoms. The smallest absolute Gasteiger partial charge is 0.285 e. The van der Waals surface area contributed by atoms with Gasteiger partial charge in [-0.15, -0.1) is 0 Å². The van der Waals surface area contributed by atoms with Gasteiger partial charge in [0.1, 0.15) is 0 Å². The van der Waals surface area contributed by atoms with Gasteiger partial charge in [0, 0.05) is 6.20 Å². The third kappa shape index (κ3) is 1.76. The first kappa shape index (κ1) is 9.52. The number of nitrogens with one attached hydrogen (secondary N) is 2. The Hall–Kier alpha value is -2.03. The molecule has 0 radical (unpaired) electrons. The highest BCUT2D eigenvalue weighted by Gasteiger charge is 2.07. The summed E-state index contributed by atoms with van der Waals surface area (Å²) in [5, 5.41) is 1.92. The standard InChI is InChI=1S/C12H13N3/c1-2-10-11(8-13)15-12(14-10)9-6-4-3-5-7-9/h2-8H,13H2,1H3,(H,14,15)/p+1/b10-2+,11-8+. The number of nitrogens with two attached hydrogens (primary N) is 1. The normalized spacial score (nSPS) is 13.4. The fourth-order valence-electron chi connectivity index (χ4n) is 1.54. The van der Waals surface area contributed by atoms with E-state index in [1.165, 1.54) is 0 Å². The number of rotatable bonds is 1. The maximum absolute atomic E-state index is 5.52. The molecule has 0 saturated heterocycles. The minimum absolute atomic E-state index is 0.913. The second kappa shape index (κ2) is 4.00. The Labute approximate surface area is 88.0 Å². The molecular formula is C12H14N3+. The number of H-pyrrole nitrogens is 2. The van der Waals surface area contributed by atoms with Crippen LogP contribution in [0, 0.1) is 0 Å². The monoisotopic (exact) mass is 200 g/mol. The van der Waals surface area contributed by atoms with Crippen molar-refractivity contribution < 1.29 is 4.98 Å². The van der Waals surface area contributed by atoms with Crippen LogP contribution in [0.3, 0.4) is 0 Å². The first-order valence-electron chi connectivity index (χ1n) is 4.90. The van der Waals surface area contributed by atoms with Crippen LogP contribution in [0.25, 0.3) is 23.7 Å². The van der Waals surface area contributed by atoms with Crippen molar-refractivity contribution >= 4 is 12.3 Å². The molecule has 0 aliphatic rings. The summed E-state index contributed by atoms with van der Waals surface area (Å²) >= 11 is 0. The maximum Gasteiger partial charge on any atom is 0.285 e. The van der Waals surface area contributed by atoms with Crippen LogP contribution in [0.4, 0.5) is 0 Å². The largest absolute Gasteiger partial charge is 0.401 e. The molecule has 1 aromatic heterocycles. The summed E-state index contributed by atoms with van der Waals surface area (Å²) in [5.74, 6) is 0.973. The molecule has 1 aromatic carbocycles. The van der Waals surface area contributed by atoms with E-state index in [4.69, 9.17) is 5.73 Å². The summed E-state index contributed by atoms with van der Waals surface area (Å²) in [7, 11) is 0. The Morgan fingerprint density at radius 1 is 1.27 bits per heavy atom. The molecule has 3 heteroatoms. The number of hydrogen-bond donors (Lipinski definition) is 2. The van der Waals surface area contributed by atoms with Gasteiger partial charge in [0.2, 0.25) is 0 Å². The topological polar surface area (TPSA) is 56.0 Å². The molecule has 2 aromatic rings. The Kier molecular flexibility index (Phi) is 2.54. The summed E-state index contributed by atoms with van der Waals surface area (Å²) in [5.41, 5.74) is 6.64. The van der Waals surface area contributed by atoms with Crippen LogP contribution >= 0.6 is 0 Å². The Morgan fingerprint density at radius 3 is 2.53 bits per heavy atom. The van der Waals surface area contributed by atoms with Crippen molar-refractivity contribution in [2.75, 3.05) is 0 Å². The highest BCUT2D eigenvalue weighted by molar-refractivity contribution is 5.51. The molecule has 0 amide bonds. The average molecular weight is 200 g/mol. The molecule has 0 aliphatic carbocycles. The highest BCUT2D eigenvalue weighted by Crippen LogP contribution is 2.07. The summed E-state index contributed by atoms with van der Waals surface area (Å²) < 4.78 is 0. The zero-order valence-electron chi connectivity index (χ0n) is 8.62. The molecule has 2 rings (SSSR count). The quantitative estimate of drug-likeness (QED) is 0.668.